The normalized spacial score (nSPS) is 14.2. The number of benzene rings is 1. The maximum absolute atomic E-state index is 12.5. The monoisotopic (exact) mass is 331 g/mol. The zero-order valence-electron chi connectivity index (χ0n) is 10.4. The van der Waals surface area contributed by atoms with E-state index in [0.717, 1.165) is 18.2 Å². The van der Waals surface area contributed by atoms with E-state index in [1.807, 2.05) is 0 Å². The van der Waals surface area contributed by atoms with Crippen LogP contribution in [0.2, 0.25) is 0 Å². The maximum Gasteiger partial charge on any atom is 0.416 e. The van der Waals surface area contributed by atoms with Gasteiger partial charge in [-0.15, -0.1) is 11.6 Å². The van der Waals surface area contributed by atoms with Crippen molar-refractivity contribution in [2.75, 3.05) is 20.3 Å². The smallest absolute Gasteiger partial charge is 0.383 e. The Morgan fingerprint density at radius 2 is 2.05 bits per heavy atom. The first kappa shape index (κ1) is 17.2. The van der Waals surface area contributed by atoms with Gasteiger partial charge in [0.25, 0.3) is 0 Å². The van der Waals surface area contributed by atoms with Crippen molar-refractivity contribution in [2.24, 2.45) is 0 Å². The largest absolute Gasteiger partial charge is 0.416 e. The summed E-state index contributed by atoms with van der Waals surface area (Å²) in [5.41, 5.74) is -1.03. The average Bonchev–Trinajstić information content (AvgIpc) is 2.36. The molecule has 1 N–H and O–H groups in total. The molecule has 0 aliphatic carbocycles. The van der Waals surface area contributed by atoms with Gasteiger partial charge in [0.2, 0.25) is 10.0 Å². The van der Waals surface area contributed by atoms with E-state index in [1.54, 1.807) is 0 Å². The highest BCUT2D eigenvalue weighted by Gasteiger charge is 2.31. The van der Waals surface area contributed by atoms with Crippen molar-refractivity contribution in [1.82, 2.24) is 4.72 Å². The van der Waals surface area contributed by atoms with Crippen LogP contribution in [0.5, 0.6) is 0 Å². The van der Waals surface area contributed by atoms with Crippen molar-refractivity contribution < 1.29 is 26.3 Å². The summed E-state index contributed by atoms with van der Waals surface area (Å²) in [4.78, 5) is -0.464. The second kappa shape index (κ2) is 6.75. The fraction of sp³-hybridized carbons (Fsp3) is 0.455. The zero-order chi connectivity index (χ0) is 15.4. The minimum Gasteiger partial charge on any atom is -0.383 e. The molecule has 1 aromatic rings. The fourth-order valence-electron chi connectivity index (χ4n) is 1.36. The predicted octanol–water partition coefficient (Wildman–Crippen LogP) is 2.24. The van der Waals surface area contributed by atoms with Gasteiger partial charge in [-0.3, -0.25) is 0 Å². The van der Waals surface area contributed by atoms with Gasteiger partial charge in [-0.2, -0.15) is 13.2 Å². The number of hydrogen-bond acceptors (Lipinski definition) is 3. The Bertz CT molecular complexity index is 548. The molecule has 0 aromatic heterocycles. The fourth-order valence-corrected chi connectivity index (χ4v) is 2.78. The summed E-state index contributed by atoms with van der Waals surface area (Å²) in [5, 5.41) is -0.611. The van der Waals surface area contributed by atoms with Crippen molar-refractivity contribution in [3.8, 4) is 0 Å². The molecule has 1 atom stereocenters. The third kappa shape index (κ3) is 4.93. The zero-order valence-corrected chi connectivity index (χ0v) is 12.0. The molecule has 0 heterocycles. The Morgan fingerprint density at radius 3 is 2.60 bits per heavy atom. The molecule has 0 spiro atoms. The Labute approximate surface area is 119 Å². The molecule has 0 saturated carbocycles. The molecule has 0 radical (unpaired) electrons. The van der Waals surface area contributed by atoms with Gasteiger partial charge in [0, 0.05) is 13.7 Å². The summed E-state index contributed by atoms with van der Waals surface area (Å²) < 4.78 is 68.1. The summed E-state index contributed by atoms with van der Waals surface area (Å²) in [6.07, 6.45) is -4.60. The van der Waals surface area contributed by atoms with E-state index < -0.39 is 32.0 Å². The highest BCUT2D eigenvalue weighted by atomic mass is 35.5. The van der Waals surface area contributed by atoms with Gasteiger partial charge in [0.05, 0.1) is 22.4 Å². The number of methoxy groups -OCH3 is 1. The molecular weight excluding hydrogens is 319 g/mol. The van der Waals surface area contributed by atoms with E-state index in [4.69, 9.17) is 16.3 Å². The molecule has 20 heavy (non-hydrogen) atoms. The highest BCUT2D eigenvalue weighted by Crippen LogP contribution is 2.30. The van der Waals surface area contributed by atoms with Crippen molar-refractivity contribution >= 4 is 21.6 Å². The van der Waals surface area contributed by atoms with E-state index in [-0.39, 0.29) is 13.2 Å². The number of ether oxygens (including phenoxy) is 1. The molecule has 0 aliphatic rings. The second-order valence-electron chi connectivity index (χ2n) is 3.93. The third-order valence-electron chi connectivity index (χ3n) is 2.31. The standard InChI is InChI=1S/C11H13ClF3NO3S/c1-19-7-9(12)6-16-20(17,18)10-4-2-3-8(5-10)11(13,14)15/h2-5,9,16H,6-7H2,1H3. The van der Waals surface area contributed by atoms with E-state index in [2.05, 4.69) is 4.72 Å². The van der Waals surface area contributed by atoms with E-state index in [0.29, 0.717) is 6.07 Å². The Morgan fingerprint density at radius 1 is 1.40 bits per heavy atom. The Hall–Kier alpha value is -0.830. The van der Waals surface area contributed by atoms with Crippen molar-refractivity contribution in [1.29, 1.82) is 0 Å². The minimum absolute atomic E-state index is 0.118. The van der Waals surface area contributed by atoms with Crippen LogP contribution in [-0.2, 0) is 20.9 Å². The minimum atomic E-state index is -4.60. The predicted molar refractivity (Wildman–Crippen MR) is 68.1 cm³/mol. The van der Waals surface area contributed by atoms with Gasteiger partial charge in [0.15, 0.2) is 0 Å². The molecule has 0 saturated heterocycles. The summed E-state index contributed by atoms with van der Waals surface area (Å²) in [6, 6.07) is 3.48. The lowest BCUT2D eigenvalue weighted by molar-refractivity contribution is -0.137. The molecule has 114 valence electrons. The Kier molecular flexibility index (Phi) is 5.81. The van der Waals surface area contributed by atoms with Gasteiger partial charge >= 0.3 is 6.18 Å². The molecule has 1 rings (SSSR count). The van der Waals surface area contributed by atoms with Crippen LogP contribution < -0.4 is 4.72 Å². The number of sulfonamides is 1. The van der Waals surface area contributed by atoms with Gasteiger partial charge in [-0.25, -0.2) is 13.1 Å². The number of alkyl halides is 4. The molecule has 4 nitrogen and oxygen atoms in total. The molecule has 1 unspecified atom stereocenters. The van der Waals surface area contributed by atoms with Gasteiger partial charge in [-0.1, -0.05) is 6.07 Å². The van der Waals surface area contributed by atoms with E-state index in [9.17, 15) is 21.6 Å². The lowest BCUT2D eigenvalue weighted by Crippen LogP contribution is -2.31. The SMILES string of the molecule is COCC(Cl)CNS(=O)(=O)c1cccc(C(F)(F)F)c1. The van der Waals surface area contributed by atoms with Crippen LogP contribution in [0, 0.1) is 0 Å². The van der Waals surface area contributed by atoms with Crippen LogP contribution in [0.3, 0.4) is 0 Å². The van der Waals surface area contributed by atoms with Crippen LogP contribution >= 0.6 is 11.6 Å². The number of hydrogen-bond donors (Lipinski definition) is 1. The molecule has 0 amide bonds. The first-order valence-electron chi connectivity index (χ1n) is 5.47. The van der Waals surface area contributed by atoms with Gasteiger partial charge in [0.1, 0.15) is 0 Å². The highest BCUT2D eigenvalue weighted by molar-refractivity contribution is 7.89. The third-order valence-corrected chi connectivity index (χ3v) is 4.02. The van der Waals surface area contributed by atoms with E-state index in [1.165, 1.54) is 7.11 Å². The molecule has 0 aliphatic heterocycles. The van der Waals surface area contributed by atoms with Crippen molar-refractivity contribution in [2.45, 2.75) is 16.4 Å². The first-order valence-corrected chi connectivity index (χ1v) is 7.38. The number of nitrogens with one attached hydrogen (secondary N) is 1. The topological polar surface area (TPSA) is 55.4 Å². The lowest BCUT2D eigenvalue weighted by atomic mass is 10.2. The molecule has 0 fully saturated rings. The number of halogens is 4. The van der Waals surface area contributed by atoms with Crippen LogP contribution in [0.15, 0.2) is 29.2 Å². The van der Waals surface area contributed by atoms with Crippen molar-refractivity contribution in [3.05, 3.63) is 29.8 Å². The maximum atomic E-state index is 12.5. The van der Waals surface area contributed by atoms with Gasteiger partial charge < -0.3 is 4.74 Å². The van der Waals surface area contributed by atoms with Gasteiger partial charge in [-0.05, 0) is 18.2 Å². The average molecular weight is 332 g/mol. The number of rotatable bonds is 6. The lowest BCUT2D eigenvalue weighted by Gasteiger charge is -2.12. The van der Waals surface area contributed by atoms with Crippen LogP contribution in [0.4, 0.5) is 13.2 Å². The summed E-state index contributed by atoms with van der Waals surface area (Å²) >= 11 is 5.75. The second-order valence-corrected chi connectivity index (χ2v) is 6.31. The van der Waals surface area contributed by atoms with Crippen LogP contribution in [0.25, 0.3) is 0 Å². The first-order chi connectivity index (χ1) is 9.16. The van der Waals surface area contributed by atoms with Crippen molar-refractivity contribution in [3.63, 3.8) is 0 Å². The van der Waals surface area contributed by atoms with Crippen LogP contribution in [-0.4, -0.2) is 34.1 Å². The Balaban J connectivity index is 2.88. The van der Waals surface area contributed by atoms with E-state index >= 15 is 0 Å². The summed E-state index contributed by atoms with van der Waals surface area (Å²) in [6.45, 7) is -0.0271. The molecular formula is C11H13ClF3NO3S. The molecule has 0 bridgehead atoms. The summed E-state index contributed by atoms with van der Waals surface area (Å²) in [7, 11) is -2.65. The molecule has 9 heteroatoms. The summed E-state index contributed by atoms with van der Waals surface area (Å²) in [5.74, 6) is 0. The molecule has 1 aromatic carbocycles. The van der Waals surface area contributed by atoms with Crippen LogP contribution in [0.1, 0.15) is 5.56 Å². The quantitative estimate of drug-likeness (QED) is 0.813.